The molecule has 0 saturated carbocycles. The number of rotatable bonds is 1. The van der Waals surface area contributed by atoms with Gasteiger partial charge in [-0.2, -0.15) is 0 Å². The summed E-state index contributed by atoms with van der Waals surface area (Å²) in [6.07, 6.45) is 2.51. The van der Waals surface area contributed by atoms with Gasteiger partial charge in [0.1, 0.15) is 0 Å². The van der Waals surface area contributed by atoms with Crippen molar-refractivity contribution < 1.29 is 4.79 Å². The van der Waals surface area contributed by atoms with Crippen molar-refractivity contribution in [2.24, 2.45) is 5.92 Å². The Labute approximate surface area is 91.2 Å². The van der Waals surface area contributed by atoms with E-state index in [2.05, 4.69) is 16.0 Å². The predicted molar refractivity (Wildman–Crippen MR) is 59.6 cm³/mol. The first-order valence-electron chi connectivity index (χ1n) is 5.86. The number of piperazine rings is 1. The second kappa shape index (κ2) is 4.10. The van der Waals surface area contributed by atoms with E-state index in [0.717, 1.165) is 19.6 Å². The highest BCUT2D eigenvalue weighted by molar-refractivity contribution is 5.86. The largest absolute Gasteiger partial charge is 0.353 e. The Morgan fingerprint density at radius 3 is 2.73 bits per heavy atom. The van der Waals surface area contributed by atoms with Crippen molar-refractivity contribution in [3.63, 3.8) is 0 Å². The normalized spacial score (nSPS) is 36.0. The number of nitrogens with one attached hydrogen (secondary N) is 3. The Kier molecular flexibility index (Phi) is 2.98. The van der Waals surface area contributed by atoms with Crippen LogP contribution in [0.5, 0.6) is 0 Å². The molecule has 4 nitrogen and oxygen atoms in total. The number of piperidine rings is 1. The van der Waals surface area contributed by atoms with E-state index in [-0.39, 0.29) is 5.91 Å². The summed E-state index contributed by atoms with van der Waals surface area (Å²) in [6, 6.07) is 0.422. The van der Waals surface area contributed by atoms with Crippen LogP contribution >= 0.6 is 0 Å². The molecule has 15 heavy (non-hydrogen) atoms. The third-order valence-electron chi connectivity index (χ3n) is 3.50. The fourth-order valence-electron chi connectivity index (χ4n) is 2.51. The molecule has 2 rings (SSSR count). The summed E-state index contributed by atoms with van der Waals surface area (Å²) in [4.78, 5) is 11.6. The molecular formula is C11H21N3O. The number of carbonyl (C=O) groups is 1. The molecule has 2 fully saturated rings. The molecule has 2 heterocycles. The van der Waals surface area contributed by atoms with E-state index in [4.69, 9.17) is 0 Å². The van der Waals surface area contributed by atoms with Gasteiger partial charge in [-0.15, -0.1) is 0 Å². The van der Waals surface area contributed by atoms with Crippen molar-refractivity contribution in [1.29, 1.82) is 0 Å². The quantitative estimate of drug-likeness (QED) is 0.565. The van der Waals surface area contributed by atoms with Crippen LogP contribution in [0.1, 0.15) is 26.7 Å². The molecule has 2 aliphatic rings. The van der Waals surface area contributed by atoms with Crippen LogP contribution in [0, 0.1) is 5.92 Å². The van der Waals surface area contributed by atoms with Gasteiger partial charge in [0, 0.05) is 12.6 Å². The third-order valence-corrected chi connectivity index (χ3v) is 3.50. The van der Waals surface area contributed by atoms with E-state index < -0.39 is 5.54 Å². The zero-order valence-corrected chi connectivity index (χ0v) is 9.60. The molecule has 0 spiro atoms. The van der Waals surface area contributed by atoms with Crippen molar-refractivity contribution >= 4 is 5.91 Å². The summed E-state index contributed by atoms with van der Waals surface area (Å²) in [5.41, 5.74) is -0.416. The molecule has 0 aromatic heterocycles. The van der Waals surface area contributed by atoms with E-state index in [1.807, 2.05) is 13.8 Å². The zero-order chi connectivity index (χ0) is 10.9. The van der Waals surface area contributed by atoms with Gasteiger partial charge in [-0.05, 0) is 45.7 Å². The summed E-state index contributed by atoms with van der Waals surface area (Å²) in [6.45, 7) is 6.88. The number of carbonyl (C=O) groups excluding carboxylic acids is 1. The van der Waals surface area contributed by atoms with Crippen molar-refractivity contribution in [3.8, 4) is 0 Å². The van der Waals surface area contributed by atoms with E-state index in [0.29, 0.717) is 12.0 Å². The van der Waals surface area contributed by atoms with Gasteiger partial charge in [-0.3, -0.25) is 10.1 Å². The molecule has 4 heteroatoms. The van der Waals surface area contributed by atoms with Crippen LogP contribution in [0.25, 0.3) is 0 Å². The smallest absolute Gasteiger partial charge is 0.239 e. The van der Waals surface area contributed by atoms with Crippen LogP contribution in [-0.2, 0) is 4.79 Å². The van der Waals surface area contributed by atoms with Crippen molar-refractivity contribution in [2.45, 2.75) is 38.3 Å². The second-order valence-corrected chi connectivity index (χ2v) is 5.19. The molecule has 2 unspecified atom stereocenters. The fraction of sp³-hybridized carbons (Fsp3) is 0.909. The minimum Gasteiger partial charge on any atom is -0.353 e. The maximum atomic E-state index is 11.6. The predicted octanol–water partition coefficient (Wildman–Crippen LogP) is -0.147. The van der Waals surface area contributed by atoms with Crippen molar-refractivity contribution in [1.82, 2.24) is 16.0 Å². The Bertz CT molecular complexity index is 246. The number of hydrogen-bond acceptors (Lipinski definition) is 3. The molecule has 0 radical (unpaired) electrons. The lowest BCUT2D eigenvalue weighted by molar-refractivity contribution is -0.129. The summed E-state index contributed by atoms with van der Waals surface area (Å²) in [5.74, 6) is 0.765. The molecule has 0 aliphatic carbocycles. The third kappa shape index (κ3) is 2.32. The lowest BCUT2D eigenvalue weighted by atomic mass is 9.87. The lowest BCUT2D eigenvalue weighted by Crippen LogP contribution is -2.67. The molecule has 1 amide bonds. The van der Waals surface area contributed by atoms with Gasteiger partial charge >= 0.3 is 0 Å². The number of hydrogen-bond donors (Lipinski definition) is 3. The van der Waals surface area contributed by atoms with Gasteiger partial charge in [0.05, 0.1) is 5.54 Å². The van der Waals surface area contributed by atoms with E-state index in [1.165, 1.54) is 12.8 Å². The van der Waals surface area contributed by atoms with Crippen molar-refractivity contribution in [3.05, 3.63) is 0 Å². The summed E-state index contributed by atoms with van der Waals surface area (Å²) in [7, 11) is 0. The minimum atomic E-state index is -0.416. The Morgan fingerprint density at radius 1 is 1.33 bits per heavy atom. The van der Waals surface area contributed by atoms with Crippen LogP contribution in [0.3, 0.4) is 0 Å². The first-order valence-corrected chi connectivity index (χ1v) is 5.86. The fourth-order valence-corrected chi connectivity index (χ4v) is 2.51. The molecule has 2 atom stereocenters. The lowest BCUT2D eigenvalue weighted by Gasteiger charge is -2.41. The highest BCUT2D eigenvalue weighted by atomic mass is 16.2. The molecule has 0 bridgehead atoms. The van der Waals surface area contributed by atoms with Crippen LogP contribution in [0.4, 0.5) is 0 Å². The molecule has 0 aromatic carbocycles. The summed E-state index contributed by atoms with van der Waals surface area (Å²) >= 11 is 0. The molecule has 0 aromatic rings. The molecule has 2 aliphatic heterocycles. The standard InChI is InChI=1S/C11H21N3O/c1-11(2)10(15)13-7-9(14-11)8-4-3-5-12-6-8/h8-9,12,14H,3-7H2,1-2H3,(H,13,15). The van der Waals surface area contributed by atoms with Gasteiger partial charge in [0.2, 0.25) is 5.91 Å². The maximum Gasteiger partial charge on any atom is 0.239 e. The molecule has 3 N–H and O–H groups in total. The van der Waals surface area contributed by atoms with E-state index in [1.54, 1.807) is 0 Å². The monoisotopic (exact) mass is 211 g/mol. The Hall–Kier alpha value is -0.610. The second-order valence-electron chi connectivity index (χ2n) is 5.19. The van der Waals surface area contributed by atoms with Gasteiger partial charge in [0.25, 0.3) is 0 Å². The van der Waals surface area contributed by atoms with Crippen LogP contribution < -0.4 is 16.0 Å². The van der Waals surface area contributed by atoms with Crippen LogP contribution in [0.2, 0.25) is 0 Å². The topological polar surface area (TPSA) is 53.2 Å². The Morgan fingerprint density at radius 2 is 2.13 bits per heavy atom. The highest BCUT2D eigenvalue weighted by Gasteiger charge is 2.37. The van der Waals surface area contributed by atoms with Gasteiger partial charge in [0.15, 0.2) is 0 Å². The highest BCUT2D eigenvalue weighted by Crippen LogP contribution is 2.19. The molecular weight excluding hydrogens is 190 g/mol. The summed E-state index contributed by atoms with van der Waals surface area (Å²) < 4.78 is 0. The van der Waals surface area contributed by atoms with Crippen molar-refractivity contribution in [2.75, 3.05) is 19.6 Å². The minimum absolute atomic E-state index is 0.113. The molecule has 2 saturated heterocycles. The first-order chi connectivity index (χ1) is 7.09. The zero-order valence-electron chi connectivity index (χ0n) is 9.60. The van der Waals surface area contributed by atoms with E-state index >= 15 is 0 Å². The van der Waals surface area contributed by atoms with Crippen LogP contribution in [0.15, 0.2) is 0 Å². The molecule has 86 valence electrons. The van der Waals surface area contributed by atoms with Gasteiger partial charge < -0.3 is 10.6 Å². The average molecular weight is 211 g/mol. The van der Waals surface area contributed by atoms with Gasteiger partial charge in [-0.1, -0.05) is 0 Å². The number of amides is 1. The van der Waals surface area contributed by atoms with Crippen LogP contribution in [-0.4, -0.2) is 37.1 Å². The maximum absolute atomic E-state index is 11.6. The Balaban J connectivity index is 1.96. The average Bonchev–Trinajstić information content (AvgIpc) is 2.23. The van der Waals surface area contributed by atoms with E-state index in [9.17, 15) is 4.79 Å². The summed E-state index contributed by atoms with van der Waals surface area (Å²) in [5, 5.41) is 9.87. The SMILES string of the molecule is CC1(C)NC(C2CCCNC2)CNC1=O. The first kappa shape index (κ1) is 10.9. The van der Waals surface area contributed by atoms with Gasteiger partial charge in [-0.25, -0.2) is 0 Å².